The smallest absolute Gasteiger partial charge is 0.230 e. The molecular weight excluding hydrogens is 362 g/mol. The molecule has 2 aromatic carbocycles. The summed E-state index contributed by atoms with van der Waals surface area (Å²) in [5.41, 5.74) is 2.25. The van der Waals surface area contributed by atoms with Crippen molar-refractivity contribution in [2.75, 3.05) is 5.32 Å². The fraction of sp³-hybridized carbons (Fsp3) is 0.111. The fourth-order valence-corrected chi connectivity index (χ4v) is 3.87. The minimum absolute atomic E-state index is 0.158. The molecule has 3 rings (SSSR count). The van der Waals surface area contributed by atoms with Gasteiger partial charge in [0.25, 0.3) is 0 Å². The zero-order valence-corrected chi connectivity index (χ0v) is 14.7. The number of hydrogen-bond acceptors (Lipinski definition) is 4. The van der Waals surface area contributed by atoms with E-state index in [1.165, 1.54) is 47.7 Å². The minimum Gasteiger partial charge on any atom is -0.326 e. The molecule has 0 saturated carbocycles. The number of thioether (sulfide) groups is 1. The number of nitrogens with zero attached hydrogens (tertiary/aromatic N) is 1. The van der Waals surface area contributed by atoms with Crippen molar-refractivity contribution >= 4 is 34.7 Å². The molecule has 0 atom stereocenters. The molecule has 0 unspecified atom stereocenters. The van der Waals surface area contributed by atoms with Gasteiger partial charge >= 0.3 is 0 Å². The Bertz CT molecular complexity index is 848. The van der Waals surface area contributed by atoms with Crippen molar-refractivity contribution in [1.82, 2.24) is 4.98 Å². The number of nitrogens with one attached hydrogen (secondary N) is 1. The Hall–Kier alpha value is -2.25. The van der Waals surface area contributed by atoms with E-state index in [0.717, 1.165) is 9.90 Å². The van der Waals surface area contributed by atoms with Crippen LogP contribution in [0.25, 0.3) is 0 Å². The second kappa shape index (κ2) is 8.22. The van der Waals surface area contributed by atoms with Gasteiger partial charge in [0.15, 0.2) is 0 Å². The summed E-state index contributed by atoms with van der Waals surface area (Å²) < 4.78 is 26.6. The van der Waals surface area contributed by atoms with Crippen LogP contribution in [0.2, 0.25) is 0 Å². The first-order chi connectivity index (χ1) is 12.1. The zero-order valence-electron chi connectivity index (χ0n) is 13.0. The van der Waals surface area contributed by atoms with Crippen LogP contribution in [0.15, 0.2) is 58.3 Å². The van der Waals surface area contributed by atoms with Crippen LogP contribution in [0.3, 0.4) is 0 Å². The number of aromatic nitrogens is 1. The first-order valence-electron chi connectivity index (χ1n) is 7.45. The Morgan fingerprint density at radius 2 is 1.68 bits per heavy atom. The van der Waals surface area contributed by atoms with E-state index < -0.39 is 0 Å². The maximum absolute atomic E-state index is 12.9. The van der Waals surface area contributed by atoms with Crippen LogP contribution in [0.1, 0.15) is 11.3 Å². The quantitative estimate of drug-likeness (QED) is 0.623. The number of thiazole rings is 1. The topological polar surface area (TPSA) is 42.0 Å². The molecule has 3 aromatic rings. The van der Waals surface area contributed by atoms with E-state index in [-0.39, 0.29) is 24.0 Å². The van der Waals surface area contributed by atoms with Crippen molar-refractivity contribution in [3.05, 3.63) is 76.8 Å². The molecule has 0 bridgehead atoms. The molecule has 0 radical (unpaired) electrons. The Morgan fingerprint density at radius 3 is 2.36 bits per heavy atom. The summed E-state index contributed by atoms with van der Waals surface area (Å²) in [6, 6.07) is 12.0. The standard InChI is InChI=1S/C18H14F2N2OS2/c19-13-3-1-12(2-4-13)10-24-18-22-16(11-25-18)9-17(23)21-15-7-5-14(20)6-8-15/h1-8,11H,9-10H2,(H,21,23). The number of carbonyl (C=O) groups excluding carboxylic acids is 1. The number of anilines is 1. The first-order valence-corrected chi connectivity index (χ1v) is 9.32. The largest absolute Gasteiger partial charge is 0.326 e. The van der Waals surface area contributed by atoms with Crippen LogP contribution < -0.4 is 5.32 Å². The van der Waals surface area contributed by atoms with E-state index >= 15 is 0 Å². The van der Waals surface area contributed by atoms with Gasteiger partial charge in [0.1, 0.15) is 16.0 Å². The third-order valence-corrected chi connectivity index (χ3v) is 5.42. The Labute approximate surface area is 152 Å². The van der Waals surface area contributed by atoms with Crippen LogP contribution in [-0.2, 0) is 17.0 Å². The van der Waals surface area contributed by atoms with Crippen LogP contribution in [0, 0.1) is 11.6 Å². The Kier molecular flexibility index (Phi) is 5.78. The van der Waals surface area contributed by atoms with Crippen LogP contribution in [0.5, 0.6) is 0 Å². The van der Waals surface area contributed by atoms with Gasteiger partial charge < -0.3 is 5.32 Å². The molecule has 0 aliphatic carbocycles. The number of halogens is 2. The van der Waals surface area contributed by atoms with Crippen molar-refractivity contribution in [3.63, 3.8) is 0 Å². The molecule has 1 N–H and O–H groups in total. The molecular formula is C18H14F2N2OS2. The average molecular weight is 376 g/mol. The molecule has 0 aliphatic heterocycles. The van der Waals surface area contributed by atoms with Gasteiger partial charge in [0, 0.05) is 16.8 Å². The third kappa shape index (κ3) is 5.37. The van der Waals surface area contributed by atoms with Gasteiger partial charge in [-0.15, -0.1) is 11.3 Å². The highest BCUT2D eigenvalue weighted by molar-refractivity contribution is 8.00. The molecule has 25 heavy (non-hydrogen) atoms. The van der Waals surface area contributed by atoms with Gasteiger partial charge in [-0.05, 0) is 42.0 Å². The Morgan fingerprint density at radius 1 is 1.04 bits per heavy atom. The second-order valence-electron chi connectivity index (χ2n) is 5.25. The fourth-order valence-electron chi connectivity index (χ4n) is 2.06. The number of rotatable bonds is 6. The molecule has 0 aliphatic rings. The lowest BCUT2D eigenvalue weighted by atomic mass is 10.2. The molecule has 3 nitrogen and oxygen atoms in total. The number of hydrogen-bond donors (Lipinski definition) is 1. The molecule has 128 valence electrons. The average Bonchev–Trinajstić information content (AvgIpc) is 3.04. The summed E-state index contributed by atoms with van der Waals surface area (Å²) in [7, 11) is 0. The second-order valence-corrected chi connectivity index (χ2v) is 7.33. The van der Waals surface area contributed by atoms with E-state index in [4.69, 9.17) is 0 Å². The summed E-state index contributed by atoms with van der Waals surface area (Å²) in [6.07, 6.45) is 0.158. The van der Waals surface area contributed by atoms with Crippen molar-refractivity contribution in [3.8, 4) is 0 Å². The van der Waals surface area contributed by atoms with Gasteiger partial charge in [0.2, 0.25) is 5.91 Å². The maximum atomic E-state index is 12.9. The van der Waals surface area contributed by atoms with Crippen LogP contribution >= 0.6 is 23.1 Å². The maximum Gasteiger partial charge on any atom is 0.230 e. The molecule has 7 heteroatoms. The lowest BCUT2D eigenvalue weighted by Gasteiger charge is -2.03. The van der Waals surface area contributed by atoms with Crippen LogP contribution in [0.4, 0.5) is 14.5 Å². The highest BCUT2D eigenvalue weighted by atomic mass is 32.2. The van der Waals surface area contributed by atoms with Crippen LogP contribution in [-0.4, -0.2) is 10.9 Å². The highest BCUT2D eigenvalue weighted by Crippen LogP contribution is 2.26. The van der Waals surface area contributed by atoms with E-state index in [0.29, 0.717) is 17.1 Å². The van der Waals surface area contributed by atoms with Crippen molar-refractivity contribution in [2.45, 2.75) is 16.5 Å². The SMILES string of the molecule is O=C(Cc1csc(SCc2ccc(F)cc2)n1)Nc1ccc(F)cc1. The van der Waals surface area contributed by atoms with E-state index in [1.807, 2.05) is 5.38 Å². The lowest BCUT2D eigenvalue weighted by molar-refractivity contribution is -0.115. The predicted octanol–water partition coefficient (Wildman–Crippen LogP) is 4.89. The number of amides is 1. The molecule has 0 saturated heterocycles. The van der Waals surface area contributed by atoms with Gasteiger partial charge in [0.05, 0.1) is 12.1 Å². The summed E-state index contributed by atoms with van der Waals surface area (Å²) >= 11 is 3.01. The van der Waals surface area contributed by atoms with Crippen molar-refractivity contribution < 1.29 is 13.6 Å². The lowest BCUT2D eigenvalue weighted by Crippen LogP contribution is -2.14. The summed E-state index contributed by atoms with van der Waals surface area (Å²) in [4.78, 5) is 16.4. The molecule has 1 heterocycles. The summed E-state index contributed by atoms with van der Waals surface area (Å²) in [6.45, 7) is 0. The monoisotopic (exact) mass is 376 g/mol. The van der Waals surface area contributed by atoms with E-state index in [1.54, 1.807) is 23.9 Å². The number of benzene rings is 2. The molecule has 1 amide bonds. The van der Waals surface area contributed by atoms with Crippen molar-refractivity contribution in [2.24, 2.45) is 0 Å². The summed E-state index contributed by atoms with van der Waals surface area (Å²) in [5, 5.41) is 4.55. The first kappa shape index (κ1) is 17.6. The normalized spacial score (nSPS) is 10.6. The highest BCUT2D eigenvalue weighted by Gasteiger charge is 2.09. The van der Waals surface area contributed by atoms with Gasteiger partial charge in [-0.2, -0.15) is 0 Å². The van der Waals surface area contributed by atoms with Gasteiger partial charge in [-0.1, -0.05) is 23.9 Å². The molecule has 0 spiro atoms. The number of carbonyl (C=O) groups is 1. The van der Waals surface area contributed by atoms with Gasteiger partial charge in [-0.25, -0.2) is 13.8 Å². The molecule has 0 fully saturated rings. The van der Waals surface area contributed by atoms with Crippen molar-refractivity contribution in [1.29, 1.82) is 0 Å². The Balaban J connectivity index is 1.51. The summed E-state index contributed by atoms with van der Waals surface area (Å²) in [5.74, 6) is -0.112. The minimum atomic E-state index is -0.347. The van der Waals surface area contributed by atoms with Gasteiger partial charge in [-0.3, -0.25) is 4.79 Å². The third-order valence-electron chi connectivity index (χ3n) is 3.28. The predicted molar refractivity (Wildman–Crippen MR) is 96.8 cm³/mol. The molecule has 1 aromatic heterocycles. The van der Waals surface area contributed by atoms with E-state index in [9.17, 15) is 13.6 Å². The zero-order chi connectivity index (χ0) is 17.6. The van der Waals surface area contributed by atoms with E-state index in [2.05, 4.69) is 10.3 Å².